The minimum atomic E-state index is 0. The van der Waals surface area contributed by atoms with Gasteiger partial charge < -0.3 is 10.2 Å². The van der Waals surface area contributed by atoms with Gasteiger partial charge in [0.25, 0.3) is 5.91 Å². The summed E-state index contributed by atoms with van der Waals surface area (Å²) >= 11 is 0. The molecule has 1 amide bonds. The van der Waals surface area contributed by atoms with Crippen molar-refractivity contribution >= 4 is 18.3 Å². The number of nitrogens with zero attached hydrogens (tertiary/aromatic N) is 5. The van der Waals surface area contributed by atoms with Crippen molar-refractivity contribution in [2.24, 2.45) is 5.92 Å². The number of hydrogen-bond donors (Lipinski definition) is 1. The maximum atomic E-state index is 12.7. The van der Waals surface area contributed by atoms with Crippen LogP contribution in [0.25, 0.3) is 0 Å². The Morgan fingerprint density at radius 2 is 2.08 bits per heavy atom. The van der Waals surface area contributed by atoms with E-state index in [9.17, 15) is 4.79 Å². The normalized spacial score (nSPS) is 21.4. The standard InChI is InChI=1S/C18H26N6O.ClH/c25-18(17-6-12-24(21-17)16-3-1-7-19-13-16)22-10-4-15(5-11-22)14-23-9-2-8-20-23;/h2,6,8-9,12,15-16,19H,1,3-5,7,10-11,13-14H2;1H. The van der Waals surface area contributed by atoms with Gasteiger partial charge in [-0.15, -0.1) is 12.4 Å². The van der Waals surface area contributed by atoms with Gasteiger partial charge in [0, 0.05) is 44.8 Å². The molecule has 0 bridgehead atoms. The second-order valence-corrected chi connectivity index (χ2v) is 7.14. The number of halogens is 1. The molecular weight excluding hydrogens is 352 g/mol. The van der Waals surface area contributed by atoms with E-state index >= 15 is 0 Å². The van der Waals surface area contributed by atoms with Gasteiger partial charge in [-0.3, -0.25) is 14.2 Å². The molecule has 4 rings (SSSR count). The molecule has 2 aromatic rings. The molecule has 1 unspecified atom stereocenters. The van der Waals surface area contributed by atoms with Crippen LogP contribution >= 0.6 is 12.4 Å². The predicted molar refractivity (Wildman–Crippen MR) is 101 cm³/mol. The Hall–Kier alpha value is -1.86. The maximum absolute atomic E-state index is 12.7. The molecule has 142 valence electrons. The number of hydrogen-bond acceptors (Lipinski definition) is 4. The third-order valence-corrected chi connectivity index (χ3v) is 5.38. The highest BCUT2D eigenvalue weighted by atomic mass is 35.5. The van der Waals surface area contributed by atoms with E-state index in [0.717, 1.165) is 58.4 Å². The first-order chi connectivity index (χ1) is 12.3. The zero-order valence-electron chi connectivity index (χ0n) is 15.0. The molecule has 2 aliphatic rings. The van der Waals surface area contributed by atoms with Gasteiger partial charge in [-0.25, -0.2) is 0 Å². The van der Waals surface area contributed by atoms with Gasteiger partial charge in [0.2, 0.25) is 0 Å². The van der Waals surface area contributed by atoms with Crippen molar-refractivity contribution in [3.8, 4) is 0 Å². The Balaban J connectivity index is 0.00000196. The first kappa shape index (κ1) is 18.9. The van der Waals surface area contributed by atoms with Crippen LogP contribution in [0.2, 0.25) is 0 Å². The molecule has 2 aliphatic heterocycles. The van der Waals surface area contributed by atoms with Crippen molar-refractivity contribution in [3.05, 3.63) is 36.4 Å². The molecule has 0 saturated carbocycles. The molecule has 2 aromatic heterocycles. The number of amides is 1. The zero-order chi connectivity index (χ0) is 17.1. The monoisotopic (exact) mass is 378 g/mol. The second-order valence-electron chi connectivity index (χ2n) is 7.14. The number of nitrogens with one attached hydrogen (secondary N) is 1. The van der Waals surface area contributed by atoms with Crippen molar-refractivity contribution in [1.82, 2.24) is 29.8 Å². The summed E-state index contributed by atoms with van der Waals surface area (Å²) in [6, 6.07) is 4.19. The van der Waals surface area contributed by atoms with E-state index in [1.54, 1.807) is 0 Å². The SMILES string of the molecule is Cl.O=C(c1ccn(C2CCCNC2)n1)N1CCC(Cn2cccn2)CC1. The predicted octanol–water partition coefficient (Wildman–Crippen LogP) is 1.98. The lowest BCUT2D eigenvalue weighted by molar-refractivity contribution is 0.0674. The Bertz CT molecular complexity index is 686. The molecule has 8 heteroatoms. The Morgan fingerprint density at radius 1 is 1.23 bits per heavy atom. The van der Waals surface area contributed by atoms with Crippen molar-refractivity contribution in [2.45, 2.75) is 38.3 Å². The van der Waals surface area contributed by atoms with Gasteiger partial charge in [0.15, 0.2) is 0 Å². The van der Waals surface area contributed by atoms with Crippen LogP contribution in [0, 0.1) is 5.92 Å². The van der Waals surface area contributed by atoms with Crippen LogP contribution in [-0.2, 0) is 6.54 Å². The van der Waals surface area contributed by atoms with Crippen LogP contribution in [0.1, 0.15) is 42.2 Å². The van der Waals surface area contributed by atoms with Crippen molar-refractivity contribution in [3.63, 3.8) is 0 Å². The average Bonchev–Trinajstić information content (AvgIpc) is 3.34. The molecule has 2 fully saturated rings. The maximum Gasteiger partial charge on any atom is 0.274 e. The van der Waals surface area contributed by atoms with Crippen molar-refractivity contribution in [2.75, 3.05) is 26.2 Å². The topological polar surface area (TPSA) is 68.0 Å². The van der Waals surface area contributed by atoms with Gasteiger partial charge >= 0.3 is 0 Å². The first-order valence-corrected chi connectivity index (χ1v) is 9.32. The molecular formula is C18H27ClN6O. The summed E-state index contributed by atoms with van der Waals surface area (Å²) in [4.78, 5) is 14.7. The fraction of sp³-hybridized carbons (Fsp3) is 0.611. The number of piperidine rings is 2. The highest BCUT2D eigenvalue weighted by Gasteiger charge is 2.26. The van der Waals surface area contributed by atoms with Crippen LogP contribution in [-0.4, -0.2) is 56.5 Å². The molecule has 0 radical (unpaired) electrons. The lowest BCUT2D eigenvalue weighted by Crippen LogP contribution is -2.39. The molecule has 0 aliphatic carbocycles. The van der Waals surface area contributed by atoms with E-state index in [0.29, 0.717) is 17.7 Å². The molecule has 4 heterocycles. The third-order valence-electron chi connectivity index (χ3n) is 5.38. The third kappa shape index (κ3) is 4.27. The van der Waals surface area contributed by atoms with E-state index in [4.69, 9.17) is 0 Å². The highest BCUT2D eigenvalue weighted by molar-refractivity contribution is 5.92. The van der Waals surface area contributed by atoms with Crippen molar-refractivity contribution in [1.29, 1.82) is 0 Å². The minimum Gasteiger partial charge on any atom is -0.337 e. The summed E-state index contributed by atoms with van der Waals surface area (Å²) in [7, 11) is 0. The number of rotatable bonds is 4. The van der Waals surface area contributed by atoms with Gasteiger partial charge in [-0.1, -0.05) is 0 Å². The Kier molecular flexibility index (Phi) is 6.32. The van der Waals surface area contributed by atoms with E-state index in [2.05, 4.69) is 15.5 Å². The quantitative estimate of drug-likeness (QED) is 0.883. The second kappa shape index (κ2) is 8.68. The van der Waals surface area contributed by atoms with Gasteiger partial charge in [0.1, 0.15) is 5.69 Å². The summed E-state index contributed by atoms with van der Waals surface area (Å²) in [6.45, 7) is 4.58. The van der Waals surface area contributed by atoms with Crippen LogP contribution in [0.15, 0.2) is 30.7 Å². The smallest absolute Gasteiger partial charge is 0.274 e. The average molecular weight is 379 g/mol. The van der Waals surface area contributed by atoms with Gasteiger partial charge in [0.05, 0.1) is 6.04 Å². The number of carbonyl (C=O) groups is 1. The summed E-state index contributed by atoms with van der Waals surface area (Å²) < 4.78 is 3.95. The van der Waals surface area contributed by atoms with E-state index in [1.165, 1.54) is 0 Å². The fourth-order valence-corrected chi connectivity index (χ4v) is 3.87. The highest BCUT2D eigenvalue weighted by Crippen LogP contribution is 2.21. The minimum absolute atomic E-state index is 0. The molecule has 0 spiro atoms. The summed E-state index contributed by atoms with van der Waals surface area (Å²) in [5.41, 5.74) is 0.580. The van der Waals surface area contributed by atoms with Crippen LogP contribution in [0.4, 0.5) is 0 Å². The van der Waals surface area contributed by atoms with E-state index in [1.807, 2.05) is 45.0 Å². The van der Waals surface area contributed by atoms with Crippen LogP contribution in [0.3, 0.4) is 0 Å². The van der Waals surface area contributed by atoms with Crippen LogP contribution in [0.5, 0.6) is 0 Å². The largest absolute Gasteiger partial charge is 0.337 e. The number of likely N-dealkylation sites (tertiary alicyclic amines) is 1. The molecule has 1 atom stereocenters. The number of aromatic nitrogens is 4. The van der Waals surface area contributed by atoms with E-state index in [-0.39, 0.29) is 18.3 Å². The van der Waals surface area contributed by atoms with Gasteiger partial charge in [-0.05, 0) is 50.3 Å². The number of carbonyl (C=O) groups excluding carboxylic acids is 1. The Labute approximate surface area is 160 Å². The lowest BCUT2D eigenvalue weighted by atomic mass is 9.96. The van der Waals surface area contributed by atoms with E-state index < -0.39 is 0 Å². The molecule has 2 saturated heterocycles. The molecule has 26 heavy (non-hydrogen) atoms. The van der Waals surface area contributed by atoms with Gasteiger partial charge in [-0.2, -0.15) is 10.2 Å². The van der Waals surface area contributed by atoms with Crippen LogP contribution < -0.4 is 5.32 Å². The molecule has 0 aromatic carbocycles. The van der Waals surface area contributed by atoms with Crippen molar-refractivity contribution < 1.29 is 4.79 Å². The Morgan fingerprint density at radius 3 is 2.77 bits per heavy atom. The first-order valence-electron chi connectivity index (χ1n) is 9.32. The molecule has 1 N–H and O–H groups in total. The molecule has 7 nitrogen and oxygen atoms in total. The summed E-state index contributed by atoms with van der Waals surface area (Å²) in [5.74, 6) is 0.662. The lowest BCUT2D eigenvalue weighted by Gasteiger charge is -2.31. The zero-order valence-corrected chi connectivity index (χ0v) is 15.8. The summed E-state index contributed by atoms with van der Waals surface area (Å²) in [5, 5.41) is 12.2. The fourth-order valence-electron chi connectivity index (χ4n) is 3.87. The summed E-state index contributed by atoms with van der Waals surface area (Å²) in [6.07, 6.45) is 10.1.